The summed E-state index contributed by atoms with van der Waals surface area (Å²) >= 11 is 4.93. The molecule has 0 amide bonds. The van der Waals surface area contributed by atoms with E-state index in [0.29, 0.717) is 5.56 Å². The van der Waals surface area contributed by atoms with Crippen LogP contribution in [-0.4, -0.2) is 23.1 Å². The van der Waals surface area contributed by atoms with Crippen molar-refractivity contribution in [2.24, 2.45) is 5.73 Å². The first-order valence-electron chi connectivity index (χ1n) is 5.78. The van der Waals surface area contributed by atoms with E-state index < -0.39 is 0 Å². The van der Waals surface area contributed by atoms with E-state index in [-0.39, 0.29) is 10.8 Å². The molecule has 0 aromatic heterocycles. The monoisotopic (exact) mass is 253 g/mol. The molecule has 1 aromatic rings. The fourth-order valence-electron chi connectivity index (χ4n) is 1.99. The SMILES string of the molecule is NC(=S)c1cc(F)ccc1NN1CCCCC1. The molecule has 0 radical (unpaired) electrons. The fourth-order valence-corrected chi connectivity index (χ4v) is 2.16. The summed E-state index contributed by atoms with van der Waals surface area (Å²) in [5, 5.41) is 2.12. The highest BCUT2D eigenvalue weighted by molar-refractivity contribution is 7.80. The zero-order valence-corrected chi connectivity index (χ0v) is 10.4. The predicted octanol–water partition coefficient (Wildman–Crippen LogP) is 2.27. The summed E-state index contributed by atoms with van der Waals surface area (Å²) in [5.41, 5.74) is 10.2. The van der Waals surface area contributed by atoms with Gasteiger partial charge in [-0.2, -0.15) is 0 Å². The Morgan fingerprint density at radius 2 is 2.00 bits per heavy atom. The molecule has 1 aliphatic rings. The Labute approximate surface area is 106 Å². The van der Waals surface area contributed by atoms with E-state index in [9.17, 15) is 4.39 Å². The van der Waals surface area contributed by atoms with E-state index >= 15 is 0 Å². The predicted molar refractivity (Wildman–Crippen MR) is 71.3 cm³/mol. The minimum atomic E-state index is -0.322. The highest BCUT2D eigenvalue weighted by Crippen LogP contribution is 2.19. The second-order valence-electron chi connectivity index (χ2n) is 4.21. The molecule has 1 aromatic carbocycles. The van der Waals surface area contributed by atoms with Crippen LogP contribution in [0.2, 0.25) is 0 Å². The van der Waals surface area contributed by atoms with Crippen LogP contribution >= 0.6 is 12.2 Å². The lowest BCUT2D eigenvalue weighted by Gasteiger charge is -2.28. The molecule has 1 aliphatic heterocycles. The third kappa shape index (κ3) is 3.14. The van der Waals surface area contributed by atoms with Gasteiger partial charge in [-0.3, -0.25) is 0 Å². The van der Waals surface area contributed by atoms with Gasteiger partial charge in [-0.05, 0) is 31.0 Å². The van der Waals surface area contributed by atoms with Gasteiger partial charge < -0.3 is 11.2 Å². The van der Waals surface area contributed by atoms with E-state index in [1.165, 1.54) is 31.4 Å². The average molecular weight is 253 g/mol. The van der Waals surface area contributed by atoms with Crippen LogP contribution in [0.15, 0.2) is 18.2 Å². The topological polar surface area (TPSA) is 41.3 Å². The first-order valence-corrected chi connectivity index (χ1v) is 6.18. The second-order valence-corrected chi connectivity index (χ2v) is 4.65. The minimum Gasteiger partial charge on any atom is -0.389 e. The Kier molecular flexibility index (Phi) is 3.91. The molecule has 1 saturated heterocycles. The molecule has 1 heterocycles. The van der Waals surface area contributed by atoms with Crippen LogP contribution in [0.25, 0.3) is 0 Å². The molecule has 3 N–H and O–H groups in total. The van der Waals surface area contributed by atoms with E-state index in [1.807, 2.05) is 0 Å². The molecule has 0 aliphatic carbocycles. The molecule has 0 unspecified atom stereocenters. The quantitative estimate of drug-likeness (QED) is 0.811. The number of nitrogens with two attached hydrogens (primary N) is 1. The molecule has 2 rings (SSSR count). The van der Waals surface area contributed by atoms with Crippen LogP contribution in [0.1, 0.15) is 24.8 Å². The summed E-state index contributed by atoms with van der Waals surface area (Å²) in [7, 11) is 0. The van der Waals surface area contributed by atoms with Crippen LogP contribution in [0, 0.1) is 5.82 Å². The van der Waals surface area contributed by atoms with Crippen LogP contribution in [-0.2, 0) is 0 Å². The number of hydrogen-bond donors (Lipinski definition) is 2. The Bertz CT molecular complexity index is 416. The average Bonchev–Trinajstić information content (AvgIpc) is 2.32. The first-order chi connectivity index (χ1) is 8.16. The van der Waals surface area contributed by atoms with Crippen LogP contribution in [0.4, 0.5) is 10.1 Å². The summed E-state index contributed by atoms with van der Waals surface area (Å²) in [5.74, 6) is -0.322. The number of piperidine rings is 1. The highest BCUT2D eigenvalue weighted by atomic mass is 32.1. The molecular weight excluding hydrogens is 237 g/mol. The van der Waals surface area contributed by atoms with Gasteiger partial charge in [-0.15, -0.1) is 0 Å². The van der Waals surface area contributed by atoms with Crippen molar-refractivity contribution >= 4 is 22.9 Å². The maximum Gasteiger partial charge on any atom is 0.124 e. The Balaban J connectivity index is 2.16. The number of rotatable bonds is 3. The summed E-state index contributed by atoms with van der Waals surface area (Å²) in [6, 6.07) is 4.46. The molecule has 92 valence electrons. The van der Waals surface area contributed by atoms with Crippen LogP contribution in [0.5, 0.6) is 0 Å². The van der Waals surface area contributed by atoms with Gasteiger partial charge in [0.15, 0.2) is 0 Å². The van der Waals surface area contributed by atoms with E-state index in [2.05, 4.69) is 10.4 Å². The molecular formula is C12H16FN3S. The van der Waals surface area contributed by atoms with Gasteiger partial charge >= 0.3 is 0 Å². The number of hydrazine groups is 1. The molecule has 0 spiro atoms. The van der Waals surface area contributed by atoms with Crippen molar-refractivity contribution in [3.63, 3.8) is 0 Å². The van der Waals surface area contributed by atoms with Gasteiger partial charge in [-0.25, -0.2) is 9.40 Å². The number of hydrogen-bond acceptors (Lipinski definition) is 3. The number of thiocarbonyl (C=S) groups is 1. The van der Waals surface area contributed by atoms with Crippen molar-refractivity contribution in [1.29, 1.82) is 0 Å². The molecule has 0 bridgehead atoms. The van der Waals surface area contributed by atoms with Crippen molar-refractivity contribution in [3.05, 3.63) is 29.6 Å². The highest BCUT2D eigenvalue weighted by Gasteiger charge is 2.13. The lowest BCUT2D eigenvalue weighted by molar-refractivity contribution is 0.273. The number of halogens is 1. The van der Waals surface area contributed by atoms with Gasteiger partial charge in [0.05, 0.1) is 5.69 Å². The van der Waals surface area contributed by atoms with Crippen molar-refractivity contribution in [2.45, 2.75) is 19.3 Å². The maximum absolute atomic E-state index is 13.1. The van der Waals surface area contributed by atoms with Crippen molar-refractivity contribution in [1.82, 2.24) is 5.01 Å². The summed E-state index contributed by atoms with van der Waals surface area (Å²) in [4.78, 5) is 0.212. The smallest absolute Gasteiger partial charge is 0.124 e. The van der Waals surface area contributed by atoms with E-state index in [4.69, 9.17) is 18.0 Å². The van der Waals surface area contributed by atoms with Crippen LogP contribution in [0.3, 0.4) is 0 Å². The van der Waals surface area contributed by atoms with Gasteiger partial charge in [0.25, 0.3) is 0 Å². The first kappa shape index (κ1) is 12.3. The number of nitrogens with one attached hydrogen (secondary N) is 1. The van der Waals surface area contributed by atoms with E-state index in [1.54, 1.807) is 6.07 Å². The van der Waals surface area contributed by atoms with Gasteiger partial charge in [0.2, 0.25) is 0 Å². The van der Waals surface area contributed by atoms with Crippen molar-refractivity contribution in [3.8, 4) is 0 Å². The molecule has 1 fully saturated rings. The summed E-state index contributed by atoms with van der Waals surface area (Å²) in [6.45, 7) is 1.99. The lowest BCUT2D eigenvalue weighted by Crippen LogP contribution is -2.35. The Morgan fingerprint density at radius 3 is 2.65 bits per heavy atom. The number of benzene rings is 1. The van der Waals surface area contributed by atoms with Gasteiger partial charge in [0.1, 0.15) is 10.8 Å². The molecule has 0 saturated carbocycles. The molecule has 0 atom stereocenters. The summed E-state index contributed by atoms with van der Waals surface area (Å²) < 4.78 is 13.1. The Morgan fingerprint density at radius 1 is 1.29 bits per heavy atom. The second kappa shape index (κ2) is 5.42. The number of nitrogens with zero attached hydrogens (tertiary/aromatic N) is 1. The molecule has 17 heavy (non-hydrogen) atoms. The summed E-state index contributed by atoms with van der Waals surface area (Å²) in [6.07, 6.45) is 3.62. The van der Waals surface area contributed by atoms with Crippen molar-refractivity contribution in [2.75, 3.05) is 18.5 Å². The zero-order chi connectivity index (χ0) is 12.3. The third-order valence-corrected chi connectivity index (χ3v) is 3.10. The third-order valence-electron chi connectivity index (χ3n) is 2.88. The Hall–Kier alpha value is -1.20. The minimum absolute atomic E-state index is 0.212. The van der Waals surface area contributed by atoms with E-state index in [0.717, 1.165) is 18.8 Å². The molecule has 3 nitrogen and oxygen atoms in total. The van der Waals surface area contributed by atoms with Crippen LogP contribution < -0.4 is 11.2 Å². The standard InChI is InChI=1S/C12H16FN3S/c13-9-4-5-11(10(8-9)12(14)17)15-16-6-2-1-3-7-16/h4-5,8,15H,1-3,6-7H2,(H2,14,17). The maximum atomic E-state index is 13.1. The number of anilines is 1. The largest absolute Gasteiger partial charge is 0.389 e. The lowest BCUT2D eigenvalue weighted by atomic mass is 10.1. The normalized spacial score (nSPS) is 16.8. The van der Waals surface area contributed by atoms with Gasteiger partial charge in [-0.1, -0.05) is 18.6 Å². The molecule has 5 heteroatoms. The fraction of sp³-hybridized carbons (Fsp3) is 0.417. The van der Waals surface area contributed by atoms with Gasteiger partial charge in [0, 0.05) is 18.7 Å². The zero-order valence-electron chi connectivity index (χ0n) is 9.58. The van der Waals surface area contributed by atoms with Crippen molar-refractivity contribution < 1.29 is 4.39 Å².